The Morgan fingerprint density at radius 3 is 2.91 bits per heavy atom. The predicted molar refractivity (Wildman–Crippen MR) is 80.6 cm³/mol. The molecule has 1 unspecified atom stereocenters. The number of aryl methyl sites for hydroxylation is 2. The van der Waals surface area contributed by atoms with Gasteiger partial charge in [-0.2, -0.15) is 4.98 Å². The molecule has 2 N–H and O–H groups in total. The van der Waals surface area contributed by atoms with Crippen LogP contribution in [0.15, 0.2) is 21.1 Å². The van der Waals surface area contributed by atoms with E-state index in [0.29, 0.717) is 24.0 Å². The molecule has 3 rings (SSSR count). The first-order valence-corrected chi connectivity index (χ1v) is 7.82. The summed E-state index contributed by atoms with van der Waals surface area (Å²) in [6, 6.07) is 3.48. The summed E-state index contributed by atoms with van der Waals surface area (Å²) >= 11 is 0. The van der Waals surface area contributed by atoms with E-state index in [4.69, 9.17) is 8.94 Å². The molecule has 0 saturated heterocycles. The number of nitrogens with one attached hydrogen (secondary N) is 1. The van der Waals surface area contributed by atoms with Gasteiger partial charge in [0.2, 0.25) is 11.8 Å². The van der Waals surface area contributed by atoms with Crippen LogP contribution in [0.1, 0.15) is 55.3 Å². The molecule has 0 spiro atoms. The van der Waals surface area contributed by atoms with E-state index in [1.54, 1.807) is 26.0 Å². The number of nitrogens with zero attached hydrogens (tertiary/aromatic N) is 2. The maximum absolute atomic E-state index is 11.9. The molecule has 23 heavy (non-hydrogen) atoms. The molecule has 7 heteroatoms. The van der Waals surface area contributed by atoms with Crippen LogP contribution in [0.25, 0.3) is 0 Å². The van der Waals surface area contributed by atoms with Crippen molar-refractivity contribution in [3.05, 3.63) is 35.4 Å². The second kappa shape index (κ2) is 6.16. The zero-order valence-corrected chi connectivity index (χ0v) is 13.3. The summed E-state index contributed by atoms with van der Waals surface area (Å²) in [5.74, 6) is 2.63. The van der Waals surface area contributed by atoms with Gasteiger partial charge in [0.25, 0.3) is 0 Å². The molecule has 1 fully saturated rings. The topological polar surface area (TPSA) is 101 Å². The molecule has 0 bridgehead atoms. The fraction of sp³-hybridized carbons (Fsp3) is 0.562. The van der Waals surface area contributed by atoms with Crippen molar-refractivity contribution in [2.45, 2.75) is 51.0 Å². The first kappa shape index (κ1) is 15.7. The maximum atomic E-state index is 11.9. The Balaban J connectivity index is 1.45. The first-order valence-electron chi connectivity index (χ1n) is 7.82. The van der Waals surface area contributed by atoms with Crippen molar-refractivity contribution >= 4 is 5.91 Å². The second-order valence-corrected chi connectivity index (χ2v) is 6.28. The van der Waals surface area contributed by atoms with E-state index in [1.165, 1.54) is 0 Å². The molecule has 2 aromatic heterocycles. The normalized spacial score (nSPS) is 17.0. The van der Waals surface area contributed by atoms with E-state index >= 15 is 0 Å². The first-order chi connectivity index (χ1) is 10.9. The number of aromatic nitrogens is 2. The fourth-order valence-electron chi connectivity index (χ4n) is 2.27. The van der Waals surface area contributed by atoms with E-state index in [9.17, 15) is 9.90 Å². The van der Waals surface area contributed by atoms with Crippen molar-refractivity contribution in [2.75, 3.05) is 6.54 Å². The van der Waals surface area contributed by atoms with Crippen LogP contribution in [0.4, 0.5) is 0 Å². The Morgan fingerprint density at radius 2 is 2.26 bits per heavy atom. The van der Waals surface area contributed by atoms with Crippen LogP contribution in [-0.2, 0) is 16.8 Å². The number of aliphatic hydroxyl groups is 1. The number of hydrogen-bond acceptors (Lipinski definition) is 6. The number of rotatable bonds is 7. The van der Waals surface area contributed by atoms with Gasteiger partial charge in [0, 0.05) is 18.8 Å². The highest BCUT2D eigenvalue weighted by molar-refractivity contribution is 5.76. The van der Waals surface area contributed by atoms with Gasteiger partial charge in [-0.3, -0.25) is 4.79 Å². The van der Waals surface area contributed by atoms with Crippen LogP contribution < -0.4 is 5.32 Å². The van der Waals surface area contributed by atoms with E-state index < -0.39 is 5.60 Å². The number of furan rings is 1. The number of carbonyl (C=O) groups is 1. The van der Waals surface area contributed by atoms with Crippen LogP contribution in [0.5, 0.6) is 0 Å². The molecular weight excluding hydrogens is 298 g/mol. The van der Waals surface area contributed by atoms with Gasteiger partial charge in [0.15, 0.2) is 5.82 Å². The van der Waals surface area contributed by atoms with E-state index in [2.05, 4.69) is 15.5 Å². The zero-order valence-electron chi connectivity index (χ0n) is 13.3. The van der Waals surface area contributed by atoms with Crippen molar-refractivity contribution < 1.29 is 18.8 Å². The van der Waals surface area contributed by atoms with E-state index in [1.807, 2.05) is 0 Å². The van der Waals surface area contributed by atoms with Crippen LogP contribution >= 0.6 is 0 Å². The minimum Gasteiger partial charge on any atom is -0.463 e. The molecule has 0 aromatic carbocycles. The molecule has 1 atom stereocenters. The summed E-state index contributed by atoms with van der Waals surface area (Å²) in [6.45, 7) is 3.49. The van der Waals surface area contributed by atoms with Gasteiger partial charge in [-0.25, -0.2) is 0 Å². The highest BCUT2D eigenvalue weighted by Crippen LogP contribution is 2.38. The minimum atomic E-state index is -1.24. The van der Waals surface area contributed by atoms with E-state index in [0.717, 1.165) is 24.4 Å². The third-order valence-electron chi connectivity index (χ3n) is 3.89. The van der Waals surface area contributed by atoms with Gasteiger partial charge in [-0.1, -0.05) is 5.16 Å². The van der Waals surface area contributed by atoms with Crippen molar-refractivity contribution in [3.63, 3.8) is 0 Å². The fourth-order valence-corrected chi connectivity index (χ4v) is 2.27. The number of hydrogen-bond donors (Lipinski definition) is 2. The molecule has 2 heterocycles. The summed E-state index contributed by atoms with van der Waals surface area (Å²) in [7, 11) is 0. The number of carbonyl (C=O) groups excluding carboxylic acids is 1. The third-order valence-corrected chi connectivity index (χ3v) is 3.89. The average Bonchev–Trinajstić information content (AvgIpc) is 3.08. The summed E-state index contributed by atoms with van der Waals surface area (Å²) in [4.78, 5) is 16.2. The highest BCUT2D eigenvalue weighted by Gasteiger charge is 2.29. The van der Waals surface area contributed by atoms with Crippen LogP contribution in [-0.4, -0.2) is 27.7 Å². The van der Waals surface area contributed by atoms with Crippen molar-refractivity contribution in [1.82, 2.24) is 15.5 Å². The van der Waals surface area contributed by atoms with Gasteiger partial charge >= 0.3 is 0 Å². The monoisotopic (exact) mass is 319 g/mol. The molecule has 1 amide bonds. The summed E-state index contributed by atoms with van der Waals surface area (Å²) in [5.41, 5.74) is -1.24. The molecular formula is C16H21N3O4. The Kier molecular flexibility index (Phi) is 4.21. The molecule has 0 aliphatic heterocycles. The Bertz CT molecular complexity index is 685. The predicted octanol–water partition coefficient (Wildman–Crippen LogP) is 1.80. The molecule has 1 aliphatic rings. The molecule has 124 valence electrons. The van der Waals surface area contributed by atoms with Gasteiger partial charge in [-0.05, 0) is 38.8 Å². The molecule has 1 saturated carbocycles. The summed E-state index contributed by atoms with van der Waals surface area (Å²) in [5, 5.41) is 17.0. The largest absolute Gasteiger partial charge is 0.463 e. The van der Waals surface area contributed by atoms with E-state index in [-0.39, 0.29) is 18.9 Å². The highest BCUT2D eigenvalue weighted by atomic mass is 16.5. The summed E-state index contributed by atoms with van der Waals surface area (Å²) < 4.78 is 10.5. The smallest absolute Gasteiger partial charge is 0.227 e. The Morgan fingerprint density at radius 1 is 1.48 bits per heavy atom. The lowest BCUT2D eigenvalue weighted by Crippen LogP contribution is -2.38. The van der Waals surface area contributed by atoms with Gasteiger partial charge in [0.05, 0.1) is 6.54 Å². The minimum absolute atomic E-state index is 0.0793. The van der Waals surface area contributed by atoms with Crippen LogP contribution in [0.3, 0.4) is 0 Å². The zero-order chi connectivity index (χ0) is 16.4. The average molecular weight is 319 g/mol. The quantitative estimate of drug-likeness (QED) is 0.807. The SMILES string of the molecule is Cc1ccc(C(C)(O)CNC(=O)CCc2nc(C3CC3)no2)o1. The van der Waals surface area contributed by atoms with Gasteiger partial charge in [0.1, 0.15) is 17.1 Å². The second-order valence-electron chi connectivity index (χ2n) is 6.28. The van der Waals surface area contributed by atoms with Crippen molar-refractivity contribution in [1.29, 1.82) is 0 Å². The van der Waals surface area contributed by atoms with Gasteiger partial charge < -0.3 is 19.4 Å². The Labute approximate surface area is 134 Å². The van der Waals surface area contributed by atoms with Crippen LogP contribution in [0.2, 0.25) is 0 Å². The lowest BCUT2D eigenvalue weighted by Gasteiger charge is -2.21. The standard InChI is InChI=1S/C16H21N3O4/c1-10-3-6-12(22-10)16(2,21)9-17-13(20)7-8-14-18-15(19-23-14)11-4-5-11/h3,6,11,21H,4-5,7-9H2,1-2H3,(H,17,20). The molecule has 0 radical (unpaired) electrons. The van der Waals surface area contributed by atoms with Crippen molar-refractivity contribution in [2.24, 2.45) is 0 Å². The summed E-state index contributed by atoms with van der Waals surface area (Å²) in [6.07, 6.45) is 2.86. The molecule has 1 aliphatic carbocycles. The van der Waals surface area contributed by atoms with Crippen LogP contribution in [0, 0.1) is 6.92 Å². The third kappa shape index (κ3) is 3.98. The van der Waals surface area contributed by atoms with Crippen molar-refractivity contribution in [3.8, 4) is 0 Å². The number of amides is 1. The molecule has 2 aromatic rings. The Hall–Kier alpha value is -2.15. The maximum Gasteiger partial charge on any atom is 0.227 e. The lowest BCUT2D eigenvalue weighted by atomic mass is 10.0. The lowest BCUT2D eigenvalue weighted by molar-refractivity contribution is -0.122. The van der Waals surface area contributed by atoms with Gasteiger partial charge in [-0.15, -0.1) is 0 Å². The molecule has 7 nitrogen and oxygen atoms in total.